The highest BCUT2D eigenvalue weighted by molar-refractivity contribution is 5.91. The van der Waals surface area contributed by atoms with Crippen LogP contribution in [0.4, 0.5) is 11.5 Å². The third-order valence-electron chi connectivity index (χ3n) is 5.60. The highest BCUT2D eigenvalue weighted by Gasteiger charge is 2.18. The fourth-order valence-electron chi connectivity index (χ4n) is 3.88. The van der Waals surface area contributed by atoms with Gasteiger partial charge < -0.3 is 20.5 Å². The minimum atomic E-state index is 0.372. The average Bonchev–Trinajstić information content (AvgIpc) is 3.32. The fraction of sp³-hybridized carbons (Fsp3) is 0.192. The molecule has 10 nitrogen and oxygen atoms in total. The maximum Gasteiger partial charge on any atom is 0.213 e. The number of hydrogen-bond donors (Lipinski definition) is 2. The first-order valence-electron chi connectivity index (χ1n) is 11.5. The van der Waals surface area contributed by atoms with Crippen LogP contribution in [0.1, 0.15) is 18.3 Å². The van der Waals surface area contributed by atoms with Gasteiger partial charge in [0.1, 0.15) is 34.9 Å². The van der Waals surface area contributed by atoms with Gasteiger partial charge in [0.25, 0.3) is 0 Å². The van der Waals surface area contributed by atoms with E-state index in [-0.39, 0.29) is 0 Å². The maximum absolute atomic E-state index is 6.30. The molecule has 0 aliphatic rings. The summed E-state index contributed by atoms with van der Waals surface area (Å²) in [6.45, 7) is 4.87. The Hall–Kier alpha value is -4.73. The molecule has 4 aromatic heterocycles. The molecule has 182 valence electrons. The number of aromatic nitrogens is 6. The lowest BCUT2D eigenvalue weighted by atomic mass is 10.1. The Morgan fingerprint density at radius 2 is 1.92 bits per heavy atom. The van der Waals surface area contributed by atoms with Gasteiger partial charge in [-0.3, -0.25) is 4.57 Å². The van der Waals surface area contributed by atoms with Crippen molar-refractivity contribution >= 4 is 22.7 Å². The Bertz CT molecular complexity index is 1510. The standard InChI is InChI=1S/C26H26N8O2/c1-4-36-22-9-8-19(14-29-22)34-15-31-24-23(32-16(2)33-26(24)34)21-10-17(13-30-25(21)27)12-28-18-6-5-7-20(11-18)35-3/h5-11,13-15,28H,4,12H2,1-3H3,(H2,27,30). The van der Waals surface area contributed by atoms with Crippen LogP contribution < -0.4 is 20.5 Å². The van der Waals surface area contributed by atoms with Crippen molar-refractivity contribution in [2.24, 2.45) is 0 Å². The fourth-order valence-corrected chi connectivity index (χ4v) is 3.88. The van der Waals surface area contributed by atoms with Crippen molar-refractivity contribution in [1.82, 2.24) is 29.5 Å². The molecule has 0 saturated carbocycles. The van der Waals surface area contributed by atoms with Crippen molar-refractivity contribution in [3.63, 3.8) is 0 Å². The molecule has 0 bridgehead atoms. The number of aryl methyl sites for hydroxylation is 1. The van der Waals surface area contributed by atoms with Crippen LogP contribution >= 0.6 is 0 Å². The lowest BCUT2D eigenvalue weighted by Gasteiger charge is -2.11. The second-order valence-electron chi connectivity index (χ2n) is 8.06. The van der Waals surface area contributed by atoms with E-state index in [1.807, 2.05) is 60.9 Å². The van der Waals surface area contributed by atoms with Crippen LogP contribution in [0.5, 0.6) is 11.6 Å². The molecule has 0 amide bonds. The number of nitrogens with one attached hydrogen (secondary N) is 1. The maximum atomic E-state index is 6.30. The first-order chi connectivity index (χ1) is 17.6. The monoisotopic (exact) mass is 482 g/mol. The SMILES string of the molecule is CCOc1ccc(-n2cnc3c(-c4cc(CNc5cccc(OC)c5)cnc4N)nc(C)nc32)cn1. The number of pyridine rings is 2. The predicted octanol–water partition coefficient (Wildman–Crippen LogP) is 4.18. The van der Waals surface area contributed by atoms with Gasteiger partial charge in [-0.1, -0.05) is 6.07 Å². The zero-order valence-electron chi connectivity index (χ0n) is 20.3. The molecular formula is C26H26N8O2. The van der Waals surface area contributed by atoms with Crippen molar-refractivity contribution in [2.75, 3.05) is 24.8 Å². The van der Waals surface area contributed by atoms with Crippen LogP contribution in [-0.4, -0.2) is 43.2 Å². The molecule has 0 atom stereocenters. The molecule has 36 heavy (non-hydrogen) atoms. The molecule has 0 fully saturated rings. The minimum Gasteiger partial charge on any atom is -0.497 e. The van der Waals surface area contributed by atoms with E-state index < -0.39 is 0 Å². The summed E-state index contributed by atoms with van der Waals surface area (Å²) < 4.78 is 12.6. The zero-order chi connectivity index (χ0) is 25.1. The molecule has 3 N–H and O–H groups in total. The number of imidazole rings is 1. The van der Waals surface area contributed by atoms with Crippen LogP contribution in [-0.2, 0) is 6.54 Å². The van der Waals surface area contributed by atoms with Gasteiger partial charge >= 0.3 is 0 Å². The van der Waals surface area contributed by atoms with Crippen LogP contribution in [0.15, 0.2) is 61.2 Å². The van der Waals surface area contributed by atoms with E-state index in [1.165, 1.54) is 0 Å². The molecule has 0 unspecified atom stereocenters. The largest absolute Gasteiger partial charge is 0.497 e. The molecule has 1 aromatic carbocycles. The summed E-state index contributed by atoms with van der Waals surface area (Å²) in [7, 11) is 1.65. The van der Waals surface area contributed by atoms with E-state index in [0.717, 1.165) is 22.7 Å². The molecule has 0 saturated heterocycles. The van der Waals surface area contributed by atoms with Gasteiger partial charge in [-0.05, 0) is 43.7 Å². The molecule has 0 aliphatic heterocycles. The number of rotatable bonds is 8. The molecule has 5 rings (SSSR count). The van der Waals surface area contributed by atoms with Gasteiger partial charge in [0.15, 0.2) is 5.65 Å². The van der Waals surface area contributed by atoms with Crippen molar-refractivity contribution < 1.29 is 9.47 Å². The predicted molar refractivity (Wildman–Crippen MR) is 138 cm³/mol. The van der Waals surface area contributed by atoms with Gasteiger partial charge in [-0.2, -0.15) is 0 Å². The molecular weight excluding hydrogens is 456 g/mol. The van der Waals surface area contributed by atoms with E-state index in [4.69, 9.17) is 15.2 Å². The lowest BCUT2D eigenvalue weighted by Crippen LogP contribution is -2.04. The van der Waals surface area contributed by atoms with E-state index in [0.29, 0.717) is 53.1 Å². The number of nitrogens with zero attached hydrogens (tertiary/aromatic N) is 6. The summed E-state index contributed by atoms with van der Waals surface area (Å²) in [5, 5.41) is 3.39. The number of nitrogens with two attached hydrogens (primary N) is 1. The van der Waals surface area contributed by atoms with Crippen molar-refractivity contribution in [3.05, 3.63) is 72.6 Å². The van der Waals surface area contributed by atoms with Gasteiger partial charge in [-0.25, -0.2) is 24.9 Å². The Kier molecular flexibility index (Phi) is 6.31. The van der Waals surface area contributed by atoms with Gasteiger partial charge in [0, 0.05) is 36.1 Å². The Labute approximate surface area is 208 Å². The third kappa shape index (κ3) is 4.61. The number of anilines is 2. The quantitative estimate of drug-likeness (QED) is 0.335. The van der Waals surface area contributed by atoms with Crippen molar-refractivity contribution in [1.29, 1.82) is 0 Å². The smallest absolute Gasteiger partial charge is 0.213 e. The number of hydrogen-bond acceptors (Lipinski definition) is 9. The number of benzene rings is 1. The minimum absolute atomic E-state index is 0.372. The summed E-state index contributed by atoms with van der Waals surface area (Å²) in [4.78, 5) is 22.7. The average molecular weight is 483 g/mol. The summed E-state index contributed by atoms with van der Waals surface area (Å²) in [5.41, 5.74) is 11.6. The van der Waals surface area contributed by atoms with Gasteiger partial charge in [0.05, 0.1) is 25.6 Å². The van der Waals surface area contributed by atoms with Crippen LogP contribution in [0, 0.1) is 6.92 Å². The highest BCUT2D eigenvalue weighted by atomic mass is 16.5. The molecule has 0 radical (unpaired) electrons. The van der Waals surface area contributed by atoms with Crippen LogP contribution in [0.25, 0.3) is 28.1 Å². The number of methoxy groups -OCH3 is 1. The first kappa shape index (κ1) is 23.0. The molecule has 4 heterocycles. The number of fused-ring (bicyclic) bond motifs is 1. The van der Waals surface area contributed by atoms with Gasteiger partial charge in [-0.15, -0.1) is 0 Å². The molecule has 0 aliphatic carbocycles. The zero-order valence-corrected chi connectivity index (χ0v) is 20.3. The summed E-state index contributed by atoms with van der Waals surface area (Å²) in [6.07, 6.45) is 5.18. The Morgan fingerprint density at radius 1 is 1.03 bits per heavy atom. The molecule has 0 spiro atoms. The highest BCUT2D eigenvalue weighted by Crippen LogP contribution is 2.30. The van der Waals surface area contributed by atoms with Crippen LogP contribution in [0.3, 0.4) is 0 Å². The van der Waals surface area contributed by atoms with E-state index >= 15 is 0 Å². The lowest BCUT2D eigenvalue weighted by molar-refractivity contribution is 0.327. The number of ether oxygens (including phenoxy) is 2. The second-order valence-corrected chi connectivity index (χ2v) is 8.06. The van der Waals surface area contributed by atoms with Crippen molar-refractivity contribution in [2.45, 2.75) is 20.4 Å². The van der Waals surface area contributed by atoms with Crippen molar-refractivity contribution in [3.8, 4) is 28.6 Å². The third-order valence-corrected chi connectivity index (χ3v) is 5.60. The molecule has 5 aromatic rings. The topological polar surface area (TPSA) is 126 Å². The van der Waals surface area contributed by atoms with Crippen LogP contribution in [0.2, 0.25) is 0 Å². The summed E-state index contributed by atoms with van der Waals surface area (Å²) >= 11 is 0. The Morgan fingerprint density at radius 3 is 2.69 bits per heavy atom. The van der Waals surface area contributed by atoms with E-state index in [2.05, 4.69) is 30.2 Å². The molecule has 10 heteroatoms. The Balaban J connectivity index is 1.49. The van der Waals surface area contributed by atoms with E-state index in [9.17, 15) is 0 Å². The first-order valence-corrected chi connectivity index (χ1v) is 11.5. The number of nitrogen functional groups attached to an aromatic ring is 1. The second kappa shape index (κ2) is 9.87. The summed E-state index contributed by atoms with van der Waals surface area (Å²) in [5.74, 6) is 2.32. The van der Waals surface area contributed by atoms with E-state index in [1.54, 1.807) is 25.8 Å². The summed E-state index contributed by atoms with van der Waals surface area (Å²) in [6, 6.07) is 13.5. The normalized spacial score (nSPS) is 11.0. The van der Waals surface area contributed by atoms with Gasteiger partial charge in [0.2, 0.25) is 5.88 Å².